The molecule has 0 bridgehead atoms. The van der Waals surface area contributed by atoms with Crippen LogP contribution < -0.4 is 28.3 Å². The zero-order valence-electron chi connectivity index (χ0n) is 12.9. The lowest BCUT2D eigenvalue weighted by Crippen LogP contribution is -2.62. The molecular weight excluding hydrogens is 250 g/mol. The Kier molecular flexibility index (Phi) is 5.42. The molecule has 0 spiro atoms. The van der Waals surface area contributed by atoms with E-state index >= 15 is 0 Å². The fourth-order valence-corrected chi connectivity index (χ4v) is 4.89. The summed E-state index contributed by atoms with van der Waals surface area (Å²) in [7, 11) is 2.10. The predicted octanol–water partition coefficient (Wildman–Crippen LogP) is -0.552. The molecule has 0 saturated heterocycles. The number of nitrogens with one attached hydrogen (secondary N) is 1. The van der Waals surface area contributed by atoms with Crippen LogP contribution in [0.4, 0.5) is 0 Å². The summed E-state index contributed by atoms with van der Waals surface area (Å²) in [4.78, 5) is 0. The first-order valence-corrected chi connectivity index (χ1v) is 8.13. The maximum atomic E-state index is 6.00. The SMILES string of the molecule is CNC12C[C@@H](CN)[C@@H](CN)CC1C[C@@H](CN)[C@@H](CN)C2. The monoisotopic (exact) mass is 283 g/mol. The maximum Gasteiger partial charge on any atom is 0.0213 e. The van der Waals surface area contributed by atoms with Gasteiger partial charge in [-0.05, 0) is 88.5 Å². The molecule has 2 rings (SSSR count). The molecule has 0 aromatic heterocycles. The van der Waals surface area contributed by atoms with E-state index in [2.05, 4.69) is 12.4 Å². The molecular formula is C15H33N5. The van der Waals surface area contributed by atoms with Crippen LogP contribution in [0.3, 0.4) is 0 Å². The Morgan fingerprint density at radius 1 is 0.800 bits per heavy atom. The fourth-order valence-electron chi connectivity index (χ4n) is 4.89. The first kappa shape index (κ1) is 16.2. The lowest BCUT2D eigenvalue weighted by Gasteiger charge is -2.56. The van der Waals surface area contributed by atoms with E-state index in [0.717, 1.165) is 39.0 Å². The summed E-state index contributed by atoms with van der Waals surface area (Å²) in [6, 6.07) is 0. The van der Waals surface area contributed by atoms with Gasteiger partial charge in [0.25, 0.3) is 0 Å². The van der Waals surface area contributed by atoms with Crippen LogP contribution in [-0.4, -0.2) is 38.8 Å². The van der Waals surface area contributed by atoms with E-state index in [1.165, 1.54) is 12.8 Å². The van der Waals surface area contributed by atoms with Gasteiger partial charge in [-0.1, -0.05) is 0 Å². The van der Waals surface area contributed by atoms with Crippen molar-refractivity contribution in [3.63, 3.8) is 0 Å². The average Bonchev–Trinajstić information content (AvgIpc) is 2.51. The molecule has 2 saturated carbocycles. The third kappa shape index (κ3) is 2.74. The Labute approximate surface area is 123 Å². The highest BCUT2D eigenvalue weighted by Gasteiger charge is 2.51. The number of rotatable bonds is 5. The van der Waals surface area contributed by atoms with Crippen LogP contribution in [0.5, 0.6) is 0 Å². The van der Waals surface area contributed by atoms with Gasteiger partial charge in [-0.15, -0.1) is 0 Å². The number of hydrogen-bond donors (Lipinski definition) is 5. The van der Waals surface area contributed by atoms with Gasteiger partial charge in [0.05, 0.1) is 0 Å². The van der Waals surface area contributed by atoms with Crippen LogP contribution in [0.15, 0.2) is 0 Å². The average molecular weight is 283 g/mol. The summed E-state index contributed by atoms with van der Waals surface area (Å²) in [6.07, 6.45) is 4.65. The van der Waals surface area contributed by atoms with Crippen molar-refractivity contribution in [3.8, 4) is 0 Å². The molecule has 20 heavy (non-hydrogen) atoms. The van der Waals surface area contributed by atoms with Gasteiger partial charge < -0.3 is 28.3 Å². The Balaban J connectivity index is 2.21. The lowest BCUT2D eigenvalue weighted by molar-refractivity contribution is -0.00856. The quantitative estimate of drug-likeness (QED) is 0.464. The Bertz CT molecular complexity index is 285. The van der Waals surface area contributed by atoms with Gasteiger partial charge in [0.15, 0.2) is 0 Å². The molecule has 2 fully saturated rings. The summed E-state index contributed by atoms with van der Waals surface area (Å²) < 4.78 is 0. The van der Waals surface area contributed by atoms with Crippen molar-refractivity contribution in [1.82, 2.24) is 5.32 Å². The van der Waals surface area contributed by atoms with Gasteiger partial charge in [-0.2, -0.15) is 0 Å². The molecule has 0 aromatic rings. The van der Waals surface area contributed by atoms with Crippen LogP contribution in [0.2, 0.25) is 0 Å². The van der Waals surface area contributed by atoms with Gasteiger partial charge in [0.2, 0.25) is 0 Å². The maximum absolute atomic E-state index is 6.00. The second-order valence-electron chi connectivity index (χ2n) is 6.97. The number of fused-ring (bicyclic) bond motifs is 1. The summed E-state index contributed by atoms with van der Waals surface area (Å²) >= 11 is 0. The second-order valence-corrected chi connectivity index (χ2v) is 6.97. The zero-order chi connectivity index (χ0) is 14.8. The van der Waals surface area contributed by atoms with E-state index in [1.807, 2.05) is 0 Å². The molecule has 0 amide bonds. The minimum Gasteiger partial charge on any atom is -0.330 e. The summed E-state index contributed by atoms with van der Waals surface area (Å²) in [6.45, 7) is 2.99. The third-order valence-corrected chi connectivity index (χ3v) is 6.25. The van der Waals surface area contributed by atoms with Crippen LogP contribution >= 0.6 is 0 Å². The topological polar surface area (TPSA) is 116 Å². The Morgan fingerprint density at radius 2 is 1.20 bits per heavy atom. The highest BCUT2D eigenvalue weighted by molar-refractivity contribution is 5.06. The van der Waals surface area contributed by atoms with Crippen molar-refractivity contribution < 1.29 is 0 Å². The summed E-state index contributed by atoms with van der Waals surface area (Å²) in [5, 5.41) is 3.64. The lowest BCUT2D eigenvalue weighted by atomic mass is 9.54. The normalized spacial score (nSPS) is 45.1. The molecule has 0 radical (unpaired) electrons. The Hall–Kier alpha value is -0.200. The third-order valence-electron chi connectivity index (χ3n) is 6.25. The zero-order valence-corrected chi connectivity index (χ0v) is 12.9. The van der Waals surface area contributed by atoms with Gasteiger partial charge in [-0.3, -0.25) is 0 Å². The van der Waals surface area contributed by atoms with Gasteiger partial charge >= 0.3 is 0 Å². The molecule has 0 aromatic carbocycles. The van der Waals surface area contributed by atoms with E-state index in [1.54, 1.807) is 0 Å². The standard InChI is InChI=1S/C15H33N5/c1-20-15-4-12(8-18)10(6-16)2-14(15)3-11(7-17)13(5-15)9-19/h10-14,20H,2-9,16-19H2,1H3/t10-,11+,12+,13-,14?,15?. The molecule has 6 atom stereocenters. The van der Waals surface area contributed by atoms with Crippen LogP contribution in [0, 0.1) is 29.6 Å². The van der Waals surface area contributed by atoms with E-state index in [0.29, 0.717) is 29.6 Å². The van der Waals surface area contributed by atoms with Crippen LogP contribution in [0.1, 0.15) is 25.7 Å². The van der Waals surface area contributed by atoms with Crippen molar-refractivity contribution in [2.45, 2.75) is 31.2 Å². The largest absolute Gasteiger partial charge is 0.330 e. The van der Waals surface area contributed by atoms with Crippen molar-refractivity contribution in [1.29, 1.82) is 0 Å². The smallest absolute Gasteiger partial charge is 0.0213 e. The number of nitrogens with two attached hydrogens (primary N) is 4. The predicted molar refractivity (Wildman–Crippen MR) is 83.9 cm³/mol. The van der Waals surface area contributed by atoms with Gasteiger partial charge in [0.1, 0.15) is 0 Å². The van der Waals surface area contributed by atoms with Crippen molar-refractivity contribution >= 4 is 0 Å². The fraction of sp³-hybridized carbons (Fsp3) is 1.00. The molecule has 2 aliphatic rings. The summed E-state index contributed by atoms with van der Waals surface area (Å²) in [5.41, 5.74) is 24.1. The molecule has 2 unspecified atom stereocenters. The van der Waals surface area contributed by atoms with E-state index in [9.17, 15) is 0 Å². The van der Waals surface area contributed by atoms with Crippen LogP contribution in [0.25, 0.3) is 0 Å². The Morgan fingerprint density at radius 3 is 1.50 bits per heavy atom. The minimum absolute atomic E-state index is 0.200. The molecule has 118 valence electrons. The van der Waals surface area contributed by atoms with Crippen molar-refractivity contribution in [3.05, 3.63) is 0 Å². The highest BCUT2D eigenvalue weighted by atomic mass is 15.0. The minimum atomic E-state index is 0.200. The molecule has 5 heteroatoms. The number of hydrogen-bond acceptors (Lipinski definition) is 5. The second kappa shape index (κ2) is 6.71. The van der Waals surface area contributed by atoms with E-state index in [4.69, 9.17) is 22.9 Å². The first-order valence-electron chi connectivity index (χ1n) is 8.13. The van der Waals surface area contributed by atoms with Crippen molar-refractivity contribution in [2.24, 2.45) is 52.5 Å². The molecule has 0 aliphatic heterocycles. The molecule has 9 N–H and O–H groups in total. The van der Waals surface area contributed by atoms with Crippen LogP contribution in [-0.2, 0) is 0 Å². The molecule has 0 heterocycles. The van der Waals surface area contributed by atoms with Gasteiger partial charge in [-0.25, -0.2) is 0 Å². The van der Waals surface area contributed by atoms with E-state index in [-0.39, 0.29) is 5.54 Å². The molecule has 5 nitrogen and oxygen atoms in total. The highest BCUT2D eigenvalue weighted by Crippen LogP contribution is 2.50. The first-order chi connectivity index (χ1) is 9.63. The van der Waals surface area contributed by atoms with Gasteiger partial charge in [0, 0.05) is 5.54 Å². The van der Waals surface area contributed by atoms with E-state index < -0.39 is 0 Å². The van der Waals surface area contributed by atoms with Crippen molar-refractivity contribution in [2.75, 3.05) is 33.2 Å². The molecule has 2 aliphatic carbocycles. The summed E-state index contributed by atoms with van der Waals surface area (Å²) in [5.74, 6) is 2.88.